The number of aromatic nitrogens is 1. The van der Waals surface area contributed by atoms with Crippen LogP contribution in [0.25, 0.3) is 10.2 Å². The Morgan fingerprint density at radius 2 is 1.85 bits per heavy atom. The summed E-state index contributed by atoms with van der Waals surface area (Å²) in [6.07, 6.45) is -0.705. The number of hydrogen-bond acceptors (Lipinski definition) is 7. The highest BCUT2D eigenvalue weighted by Gasteiger charge is 2.33. The Balaban J connectivity index is 0.00000259. The first-order chi connectivity index (χ1) is 15.6. The number of para-hydroxylation sites is 2. The van der Waals surface area contributed by atoms with Crippen LogP contribution < -0.4 is 14.4 Å². The molecule has 7 nitrogen and oxygen atoms in total. The van der Waals surface area contributed by atoms with E-state index < -0.39 is 6.10 Å². The lowest BCUT2D eigenvalue weighted by Gasteiger charge is -2.32. The van der Waals surface area contributed by atoms with Crippen LogP contribution in [0.1, 0.15) is 11.1 Å². The van der Waals surface area contributed by atoms with Gasteiger partial charge in [-0.15, -0.1) is 12.4 Å². The molecule has 0 N–H and O–H groups in total. The number of carbonyl (C=O) groups excluding carboxylic acids is 1. The molecule has 2 aliphatic rings. The molecule has 1 saturated heterocycles. The normalized spacial score (nSPS) is 18.1. The molecule has 0 aliphatic carbocycles. The van der Waals surface area contributed by atoms with Crippen molar-refractivity contribution in [2.24, 2.45) is 0 Å². The van der Waals surface area contributed by atoms with Gasteiger partial charge in [0, 0.05) is 26.2 Å². The maximum absolute atomic E-state index is 13.7. The average Bonchev–Trinajstić information content (AvgIpc) is 3.28. The first-order valence-corrected chi connectivity index (χ1v) is 11.8. The molecule has 0 saturated carbocycles. The van der Waals surface area contributed by atoms with Crippen molar-refractivity contribution in [3.63, 3.8) is 0 Å². The second-order valence-corrected chi connectivity index (χ2v) is 9.16. The van der Waals surface area contributed by atoms with Crippen LogP contribution in [0.5, 0.6) is 11.5 Å². The number of ether oxygens (including phenoxy) is 3. The summed E-state index contributed by atoms with van der Waals surface area (Å²) in [4.78, 5) is 22.7. The molecule has 2 aromatic carbocycles. The van der Waals surface area contributed by atoms with Crippen LogP contribution in [-0.2, 0) is 9.53 Å². The lowest BCUT2D eigenvalue weighted by Crippen LogP contribution is -2.49. The van der Waals surface area contributed by atoms with Crippen LogP contribution in [0, 0.1) is 13.8 Å². The van der Waals surface area contributed by atoms with E-state index in [1.807, 2.05) is 24.3 Å². The molecule has 1 atom stereocenters. The number of fused-ring (bicyclic) bond motifs is 2. The van der Waals surface area contributed by atoms with Gasteiger partial charge in [0.15, 0.2) is 16.6 Å². The number of carbonyl (C=O) groups is 1. The number of amides is 1. The average molecular weight is 490 g/mol. The fraction of sp³-hybridized carbons (Fsp3) is 0.417. The van der Waals surface area contributed by atoms with E-state index in [1.54, 1.807) is 16.2 Å². The Bertz CT molecular complexity index is 1090. The molecular formula is C24H28ClN3O4S. The number of nitrogens with zero attached hydrogens (tertiary/aromatic N) is 3. The molecule has 1 amide bonds. The van der Waals surface area contributed by atoms with Crippen LogP contribution in [0.2, 0.25) is 0 Å². The first-order valence-electron chi connectivity index (χ1n) is 11.0. The number of morpholine rings is 1. The van der Waals surface area contributed by atoms with E-state index in [2.05, 4.69) is 30.9 Å². The maximum Gasteiger partial charge on any atom is 0.273 e. The number of aryl methyl sites for hydroxylation is 2. The van der Waals surface area contributed by atoms with Crippen molar-refractivity contribution < 1.29 is 19.0 Å². The minimum Gasteiger partial charge on any atom is -0.485 e. The molecule has 3 aromatic rings. The van der Waals surface area contributed by atoms with Crippen molar-refractivity contribution in [1.82, 2.24) is 9.88 Å². The highest BCUT2D eigenvalue weighted by molar-refractivity contribution is 7.22. The summed E-state index contributed by atoms with van der Waals surface area (Å²) in [6, 6.07) is 11.6. The molecule has 0 radical (unpaired) electrons. The number of halogens is 1. The topological polar surface area (TPSA) is 64.1 Å². The standard InChI is InChI=1S/C24H27N3O4S.ClH/c1-16-7-8-17(2)22-21(16)25-24(32-22)27(10-9-26-11-13-29-14-12-26)23(28)20-15-30-18-5-3-4-6-19(18)31-20;/h3-8,20H,9-15H2,1-2H3;1H. The van der Waals surface area contributed by atoms with Crippen LogP contribution >= 0.6 is 23.7 Å². The third kappa shape index (κ3) is 4.94. The SMILES string of the molecule is Cc1ccc(C)c2sc(N(CCN3CCOCC3)C(=O)C3COc4ccccc4O3)nc12.Cl. The molecular weight excluding hydrogens is 462 g/mol. The third-order valence-corrected chi connectivity index (χ3v) is 7.17. The van der Waals surface area contributed by atoms with E-state index >= 15 is 0 Å². The van der Waals surface area contributed by atoms with E-state index in [0.29, 0.717) is 23.2 Å². The van der Waals surface area contributed by atoms with Crippen molar-refractivity contribution >= 4 is 45.0 Å². The highest BCUT2D eigenvalue weighted by Crippen LogP contribution is 2.35. The predicted molar refractivity (Wildman–Crippen MR) is 132 cm³/mol. The Morgan fingerprint density at radius 1 is 1.12 bits per heavy atom. The Morgan fingerprint density at radius 3 is 2.61 bits per heavy atom. The van der Waals surface area contributed by atoms with Gasteiger partial charge in [-0.1, -0.05) is 35.6 Å². The number of anilines is 1. The van der Waals surface area contributed by atoms with Gasteiger partial charge >= 0.3 is 0 Å². The van der Waals surface area contributed by atoms with Gasteiger partial charge in [0.2, 0.25) is 6.10 Å². The molecule has 1 unspecified atom stereocenters. The molecule has 176 valence electrons. The summed E-state index contributed by atoms with van der Waals surface area (Å²) in [5.41, 5.74) is 3.24. The minimum absolute atomic E-state index is 0. The smallest absolute Gasteiger partial charge is 0.273 e. The van der Waals surface area contributed by atoms with E-state index in [-0.39, 0.29) is 24.9 Å². The first kappa shape index (κ1) is 23.8. The molecule has 0 spiro atoms. The molecule has 2 aliphatic heterocycles. The van der Waals surface area contributed by atoms with Gasteiger partial charge in [-0.3, -0.25) is 14.6 Å². The van der Waals surface area contributed by atoms with Gasteiger partial charge in [0.05, 0.1) is 23.4 Å². The quantitative estimate of drug-likeness (QED) is 0.542. The molecule has 9 heteroatoms. The van der Waals surface area contributed by atoms with E-state index in [1.165, 1.54) is 5.56 Å². The van der Waals surface area contributed by atoms with Gasteiger partial charge in [0.25, 0.3) is 5.91 Å². The van der Waals surface area contributed by atoms with Crippen LogP contribution in [0.3, 0.4) is 0 Å². The Kier molecular flexibility index (Phi) is 7.38. The summed E-state index contributed by atoms with van der Waals surface area (Å²) < 4.78 is 18.4. The summed E-state index contributed by atoms with van der Waals surface area (Å²) in [5, 5.41) is 0.707. The predicted octanol–water partition coefficient (Wildman–Crippen LogP) is 3.84. The van der Waals surface area contributed by atoms with E-state index in [0.717, 1.165) is 48.6 Å². The fourth-order valence-corrected chi connectivity index (χ4v) is 5.19. The third-order valence-electron chi connectivity index (χ3n) is 5.96. The lowest BCUT2D eigenvalue weighted by atomic mass is 10.1. The Hall–Kier alpha value is -2.39. The number of thiazole rings is 1. The molecule has 1 aromatic heterocycles. The van der Waals surface area contributed by atoms with Crippen molar-refractivity contribution in [3.05, 3.63) is 47.5 Å². The fourth-order valence-electron chi connectivity index (χ4n) is 4.04. The zero-order valence-corrected chi connectivity index (χ0v) is 20.4. The summed E-state index contributed by atoms with van der Waals surface area (Å²) in [6.45, 7) is 8.82. The monoisotopic (exact) mass is 489 g/mol. The zero-order chi connectivity index (χ0) is 22.1. The van der Waals surface area contributed by atoms with Crippen molar-refractivity contribution in [2.75, 3.05) is 50.9 Å². The van der Waals surface area contributed by atoms with Crippen molar-refractivity contribution in [3.8, 4) is 11.5 Å². The molecule has 3 heterocycles. The minimum atomic E-state index is -0.705. The van der Waals surface area contributed by atoms with Gasteiger partial charge in [-0.2, -0.15) is 0 Å². The van der Waals surface area contributed by atoms with Crippen LogP contribution in [0.15, 0.2) is 36.4 Å². The maximum atomic E-state index is 13.7. The van der Waals surface area contributed by atoms with Gasteiger partial charge in [0.1, 0.15) is 6.61 Å². The number of benzene rings is 2. The van der Waals surface area contributed by atoms with Gasteiger partial charge in [-0.05, 0) is 37.1 Å². The van der Waals surface area contributed by atoms with Gasteiger partial charge in [-0.25, -0.2) is 4.98 Å². The summed E-state index contributed by atoms with van der Waals surface area (Å²) >= 11 is 1.57. The largest absolute Gasteiger partial charge is 0.485 e. The lowest BCUT2D eigenvalue weighted by molar-refractivity contribution is -0.127. The molecule has 1 fully saturated rings. The molecule has 5 rings (SSSR count). The highest BCUT2D eigenvalue weighted by atomic mass is 35.5. The number of hydrogen-bond donors (Lipinski definition) is 0. The molecule has 33 heavy (non-hydrogen) atoms. The van der Waals surface area contributed by atoms with Gasteiger partial charge < -0.3 is 14.2 Å². The second-order valence-electron chi connectivity index (χ2n) is 8.18. The second kappa shape index (κ2) is 10.3. The van der Waals surface area contributed by atoms with E-state index in [4.69, 9.17) is 19.2 Å². The Labute approximate surface area is 203 Å². The van der Waals surface area contributed by atoms with Crippen molar-refractivity contribution in [1.29, 1.82) is 0 Å². The van der Waals surface area contributed by atoms with Crippen LogP contribution in [-0.4, -0.2) is 67.9 Å². The van der Waals surface area contributed by atoms with Crippen molar-refractivity contribution in [2.45, 2.75) is 20.0 Å². The summed E-state index contributed by atoms with van der Waals surface area (Å²) in [7, 11) is 0. The van der Waals surface area contributed by atoms with Crippen LogP contribution in [0.4, 0.5) is 5.13 Å². The summed E-state index contributed by atoms with van der Waals surface area (Å²) in [5.74, 6) is 1.14. The zero-order valence-electron chi connectivity index (χ0n) is 18.8. The van der Waals surface area contributed by atoms with E-state index in [9.17, 15) is 4.79 Å². The number of rotatable bonds is 5. The molecule has 0 bridgehead atoms.